The van der Waals surface area contributed by atoms with E-state index in [-0.39, 0.29) is 12.5 Å². The summed E-state index contributed by atoms with van der Waals surface area (Å²) in [6, 6.07) is 5.83. The standard InChI is InChI=1S/C13H15BrClNO3/c14-11-5-9(1-2-12(11)15)7-16-3-4-19-10(8-16)6-13(17)18/h1-2,5,10H,3-4,6-8H2,(H,17,18). The fourth-order valence-electron chi connectivity index (χ4n) is 2.14. The van der Waals surface area contributed by atoms with E-state index in [9.17, 15) is 4.79 Å². The molecule has 1 unspecified atom stereocenters. The molecule has 104 valence electrons. The van der Waals surface area contributed by atoms with Crippen LogP contribution < -0.4 is 0 Å². The van der Waals surface area contributed by atoms with Crippen molar-refractivity contribution in [3.8, 4) is 0 Å². The monoisotopic (exact) mass is 347 g/mol. The van der Waals surface area contributed by atoms with Crippen molar-refractivity contribution in [1.82, 2.24) is 4.90 Å². The zero-order valence-electron chi connectivity index (χ0n) is 10.3. The Kier molecular flexibility index (Phi) is 5.21. The van der Waals surface area contributed by atoms with Gasteiger partial charge in [0.1, 0.15) is 0 Å². The van der Waals surface area contributed by atoms with E-state index < -0.39 is 5.97 Å². The molecule has 0 bridgehead atoms. The van der Waals surface area contributed by atoms with Crippen molar-refractivity contribution in [2.45, 2.75) is 19.1 Å². The average molecular weight is 349 g/mol. The van der Waals surface area contributed by atoms with Crippen LogP contribution in [0.1, 0.15) is 12.0 Å². The third-order valence-electron chi connectivity index (χ3n) is 3.02. The van der Waals surface area contributed by atoms with Crippen molar-refractivity contribution in [3.05, 3.63) is 33.3 Å². The smallest absolute Gasteiger partial charge is 0.306 e. The highest BCUT2D eigenvalue weighted by Gasteiger charge is 2.22. The van der Waals surface area contributed by atoms with Gasteiger partial charge in [0.25, 0.3) is 0 Å². The molecule has 19 heavy (non-hydrogen) atoms. The molecule has 6 heteroatoms. The molecule has 4 nitrogen and oxygen atoms in total. The molecule has 1 aromatic carbocycles. The lowest BCUT2D eigenvalue weighted by atomic mass is 10.1. The highest BCUT2D eigenvalue weighted by Crippen LogP contribution is 2.24. The van der Waals surface area contributed by atoms with E-state index in [1.807, 2.05) is 18.2 Å². The Morgan fingerprint density at radius 3 is 3.05 bits per heavy atom. The number of benzene rings is 1. The number of rotatable bonds is 4. The highest BCUT2D eigenvalue weighted by atomic mass is 79.9. The van der Waals surface area contributed by atoms with Crippen LogP contribution in [-0.4, -0.2) is 41.8 Å². The minimum absolute atomic E-state index is 0.0564. The zero-order valence-corrected chi connectivity index (χ0v) is 12.7. The van der Waals surface area contributed by atoms with Crippen LogP contribution in [0.4, 0.5) is 0 Å². The van der Waals surface area contributed by atoms with E-state index in [4.69, 9.17) is 21.4 Å². The third-order valence-corrected chi connectivity index (χ3v) is 4.23. The number of carbonyl (C=O) groups is 1. The molecule has 1 heterocycles. The van der Waals surface area contributed by atoms with Gasteiger partial charge in [-0.1, -0.05) is 17.7 Å². The fourth-order valence-corrected chi connectivity index (χ4v) is 2.68. The summed E-state index contributed by atoms with van der Waals surface area (Å²) in [5.41, 5.74) is 1.15. The van der Waals surface area contributed by atoms with Crippen LogP contribution >= 0.6 is 27.5 Å². The van der Waals surface area contributed by atoms with Gasteiger partial charge in [-0.3, -0.25) is 9.69 Å². The summed E-state index contributed by atoms with van der Waals surface area (Å²) < 4.78 is 6.32. The first-order valence-electron chi connectivity index (χ1n) is 6.04. The molecule has 0 aromatic heterocycles. The van der Waals surface area contributed by atoms with Crippen molar-refractivity contribution < 1.29 is 14.6 Å². The van der Waals surface area contributed by atoms with E-state index >= 15 is 0 Å². The first-order chi connectivity index (χ1) is 9.04. The van der Waals surface area contributed by atoms with Crippen LogP contribution in [0.2, 0.25) is 5.02 Å². The molecule has 1 aliphatic heterocycles. The first kappa shape index (κ1) is 14.8. The number of aliphatic carboxylic acids is 1. The molecular weight excluding hydrogens is 334 g/mol. The molecule has 1 atom stereocenters. The molecular formula is C13H15BrClNO3. The number of morpholine rings is 1. The predicted octanol–water partition coefficient (Wildman–Crippen LogP) is 2.78. The van der Waals surface area contributed by atoms with E-state index in [1.165, 1.54) is 0 Å². The largest absolute Gasteiger partial charge is 0.481 e. The van der Waals surface area contributed by atoms with E-state index in [1.54, 1.807) is 0 Å². The minimum atomic E-state index is -0.818. The zero-order chi connectivity index (χ0) is 13.8. The number of carboxylic acid groups (broad SMARTS) is 1. The van der Waals surface area contributed by atoms with Gasteiger partial charge in [0.05, 0.1) is 24.2 Å². The second-order valence-corrected chi connectivity index (χ2v) is 5.84. The molecule has 0 radical (unpaired) electrons. The summed E-state index contributed by atoms with van der Waals surface area (Å²) in [7, 11) is 0. The maximum atomic E-state index is 10.7. The number of hydrogen-bond acceptors (Lipinski definition) is 3. The number of ether oxygens (including phenoxy) is 1. The minimum Gasteiger partial charge on any atom is -0.481 e. The Labute approximate surface area is 125 Å². The summed E-state index contributed by atoms with van der Waals surface area (Å²) in [4.78, 5) is 12.9. The normalized spacial score (nSPS) is 20.4. The van der Waals surface area contributed by atoms with E-state index in [0.717, 1.165) is 23.1 Å². The lowest BCUT2D eigenvalue weighted by Crippen LogP contribution is -2.42. The summed E-state index contributed by atoms with van der Waals surface area (Å²) in [5.74, 6) is -0.818. The van der Waals surface area contributed by atoms with Gasteiger partial charge >= 0.3 is 5.97 Å². The van der Waals surface area contributed by atoms with Crippen LogP contribution in [0.15, 0.2) is 22.7 Å². The molecule has 1 saturated heterocycles. The van der Waals surface area contributed by atoms with Crippen LogP contribution in [0.3, 0.4) is 0 Å². The molecule has 1 fully saturated rings. The topological polar surface area (TPSA) is 49.8 Å². The van der Waals surface area contributed by atoms with Gasteiger partial charge in [-0.2, -0.15) is 0 Å². The van der Waals surface area contributed by atoms with Crippen LogP contribution in [0.5, 0.6) is 0 Å². The molecule has 1 aliphatic rings. The number of carboxylic acids is 1. The SMILES string of the molecule is O=C(O)CC1CN(Cc2ccc(Cl)c(Br)c2)CCO1. The number of hydrogen-bond donors (Lipinski definition) is 1. The van der Waals surface area contributed by atoms with Crippen LogP contribution in [0.25, 0.3) is 0 Å². The summed E-state index contributed by atoms with van der Waals surface area (Å²) in [5, 5.41) is 9.48. The first-order valence-corrected chi connectivity index (χ1v) is 7.21. The lowest BCUT2D eigenvalue weighted by molar-refractivity contribution is -0.142. The second-order valence-electron chi connectivity index (χ2n) is 4.57. The summed E-state index contributed by atoms with van der Waals surface area (Å²) in [6.07, 6.45) is -0.164. The molecule has 1 aromatic rings. The van der Waals surface area contributed by atoms with Crippen molar-refractivity contribution in [3.63, 3.8) is 0 Å². The second kappa shape index (κ2) is 6.70. The van der Waals surface area contributed by atoms with Gasteiger partial charge in [0.2, 0.25) is 0 Å². The maximum absolute atomic E-state index is 10.7. The maximum Gasteiger partial charge on any atom is 0.306 e. The van der Waals surface area contributed by atoms with Gasteiger partial charge in [-0.15, -0.1) is 0 Å². The van der Waals surface area contributed by atoms with Crippen LogP contribution in [-0.2, 0) is 16.1 Å². The summed E-state index contributed by atoms with van der Waals surface area (Å²) in [6.45, 7) is 2.81. The molecule has 2 rings (SSSR count). The molecule has 1 N–H and O–H groups in total. The molecule has 0 aliphatic carbocycles. The van der Waals surface area contributed by atoms with Gasteiger partial charge in [0, 0.05) is 24.1 Å². The molecule has 0 spiro atoms. The Balaban J connectivity index is 1.94. The number of nitrogens with zero attached hydrogens (tertiary/aromatic N) is 1. The van der Waals surface area contributed by atoms with Gasteiger partial charge < -0.3 is 9.84 Å². The molecule has 0 amide bonds. The van der Waals surface area contributed by atoms with Gasteiger partial charge in [-0.25, -0.2) is 0 Å². The van der Waals surface area contributed by atoms with Crippen molar-refractivity contribution in [1.29, 1.82) is 0 Å². The van der Waals surface area contributed by atoms with E-state index in [2.05, 4.69) is 20.8 Å². The van der Waals surface area contributed by atoms with Gasteiger partial charge in [-0.05, 0) is 33.6 Å². The Morgan fingerprint density at radius 1 is 1.58 bits per heavy atom. The molecule has 0 saturated carbocycles. The van der Waals surface area contributed by atoms with Crippen molar-refractivity contribution in [2.75, 3.05) is 19.7 Å². The Hall–Kier alpha value is -0.620. The quantitative estimate of drug-likeness (QED) is 0.909. The Morgan fingerprint density at radius 2 is 2.37 bits per heavy atom. The van der Waals surface area contributed by atoms with E-state index in [0.29, 0.717) is 18.2 Å². The fraction of sp³-hybridized carbons (Fsp3) is 0.462. The average Bonchev–Trinajstić information content (AvgIpc) is 2.33. The van der Waals surface area contributed by atoms with Gasteiger partial charge in [0.15, 0.2) is 0 Å². The van der Waals surface area contributed by atoms with Crippen molar-refractivity contribution >= 4 is 33.5 Å². The van der Waals surface area contributed by atoms with Crippen LogP contribution in [0, 0.1) is 0 Å². The number of halogens is 2. The van der Waals surface area contributed by atoms with Crippen molar-refractivity contribution in [2.24, 2.45) is 0 Å². The summed E-state index contributed by atoms with van der Waals surface area (Å²) >= 11 is 9.36. The predicted molar refractivity (Wildman–Crippen MR) is 76.4 cm³/mol. The third kappa shape index (κ3) is 4.45. The highest BCUT2D eigenvalue weighted by molar-refractivity contribution is 9.10. The lowest BCUT2D eigenvalue weighted by Gasteiger charge is -2.32. The Bertz CT molecular complexity index is 469.